The third kappa shape index (κ3) is 3.12. The molecule has 13 heavy (non-hydrogen) atoms. The van der Waals surface area contributed by atoms with Gasteiger partial charge in [-0.05, 0) is 30.5 Å². The number of nitriles is 1. The zero-order valence-electron chi connectivity index (χ0n) is 8.00. The van der Waals surface area contributed by atoms with Gasteiger partial charge in [0.1, 0.15) is 0 Å². The zero-order valence-corrected chi connectivity index (χ0v) is 8.82. The van der Waals surface area contributed by atoms with Crippen LogP contribution in [0.15, 0.2) is 18.2 Å². The van der Waals surface area contributed by atoms with Crippen molar-refractivity contribution in [2.75, 3.05) is 5.75 Å². The highest BCUT2D eigenvalue weighted by molar-refractivity contribution is 7.98. The summed E-state index contributed by atoms with van der Waals surface area (Å²) >= 11 is 1.66. The van der Waals surface area contributed by atoms with Crippen LogP contribution in [0.25, 0.3) is 0 Å². The van der Waals surface area contributed by atoms with Crippen LogP contribution in [0.5, 0.6) is 0 Å². The van der Waals surface area contributed by atoms with Gasteiger partial charge >= 0.3 is 0 Å². The van der Waals surface area contributed by atoms with Gasteiger partial charge in [0.15, 0.2) is 0 Å². The molecule has 0 aliphatic carbocycles. The summed E-state index contributed by atoms with van der Waals surface area (Å²) in [6, 6.07) is 8.59. The molecule has 0 aliphatic rings. The molecule has 1 rings (SSSR count). The number of thioether (sulfide) groups is 1. The fourth-order valence-corrected chi connectivity index (χ4v) is 1.72. The standard InChI is InChI=1S/C11H13NS/c1-9-3-4-11(7-10(9)2)8-13-6-5-12/h3-4,7H,6,8H2,1-2H3. The number of benzene rings is 1. The van der Waals surface area contributed by atoms with Crippen molar-refractivity contribution in [1.82, 2.24) is 0 Å². The zero-order chi connectivity index (χ0) is 9.68. The minimum absolute atomic E-state index is 0.576. The molecular formula is C11H13NS. The first-order chi connectivity index (χ1) is 6.24. The van der Waals surface area contributed by atoms with Gasteiger partial charge in [0.25, 0.3) is 0 Å². The van der Waals surface area contributed by atoms with Crippen LogP contribution in [-0.4, -0.2) is 5.75 Å². The van der Waals surface area contributed by atoms with Crippen molar-refractivity contribution in [3.05, 3.63) is 34.9 Å². The smallest absolute Gasteiger partial charge is 0.0811 e. The molecule has 0 N–H and O–H groups in total. The molecule has 0 saturated heterocycles. The first-order valence-corrected chi connectivity index (χ1v) is 5.40. The van der Waals surface area contributed by atoms with Crippen molar-refractivity contribution in [2.24, 2.45) is 0 Å². The van der Waals surface area contributed by atoms with Crippen LogP contribution in [0, 0.1) is 25.2 Å². The second-order valence-corrected chi connectivity index (χ2v) is 4.06. The molecule has 0 unspecified atom stereocenters. The Morgan fingerprint density at radius 3 is 2.69 bits per heavy atom. The van der Waals surface area contributed by atoms with E-state index in [0.717, 1.165) is 5.75 Å². The van der Waals surface area contributed by atoms with Crippen molar-refractivity contribution >= 4 is 11.8 Å². The van der Waals surface area contributed by atoms with E-state index in [0.29, 0.717) is 5.75 Å². The van der Waals surface area contributed by atoms with Gasteiger partial charge in [-0.25, -0.2) is 0 Å². The van der Waals surface area contributed by atoms with Gasteiger partial charge in [0.05, 0.1) is 11.8 Å². The molecule has 0 spiro atoms. The van der Waals surface area contributed by atoms with Gasteiger partial charge in [0.2, 0.25) is 0 Å². The van der Waals surface area contributed by atoms with Crippen LogP contribution in [-0.2, 0) is 5.75 Å². The maximum Gasteiger partial charge on any atom is 0.0811 e. The van der Waals surface area contributed by atoms with Gasteiger partial charge in [-0.15, -0.1) is 11.8 Å². The van der Waals surface area contributed by atoms with Crippen LogP contribution in [0.4, 0.5) is 0 Å². The Labute approximate surface area is 83.8 Å². The largest absolute Gasteiger partial charge is 0.197 e. The highest BCUT2D eigenvalue weighted by Gasteiger charge is 1.96. The van der Waals surface area contributed by atoms with Crippen molar-refractivity contribution < 1.29 is 0 Å². The average molecular weight is 191 g/mol. The van der Waals surface area contributed by atoms with Crippen molar-refractivity contribution in [1.29, 1.82) is 5.26 Å². The predicted octanol–water partition coefficient (Wildman–Crippen LogP) is 3.06. The summed E-state index contributed by atoms with van der Waals surface area (Å²) in [5, 5.41) is 8.37. The molecular weight excluding hydrogens is 178 g/mol. The Hall–Kier alpha value is -0.940. The number of hydrogen-bond acceptors (Lipinski definition) is 2. The number of hydrogen-bond donors (Lipinski definition) is 0. The van der Waals surface area contributed by atoms with E-state index in [-0.39, 0.29) is 0 Å². The predicted molar refractivity (Wildman–Crippen MR) is 57.7 cm³/mol. The topological polar surface area (TPSA) is 23.8 Å². The van der Waals surface area contributed by atoms with Crippen molar-refractivity contribution in [3.8, 4) is 6.07 Å². The molecule has 0 atom stereocenters. The molecule has 0 aromatic heterocycles. The third-order valence-corrected chi connectivity index (χ3v) is 2.88. The monoisotopic (exact) mass is 191 g/mol. The summed E-state index contributed by atoms with van der Waals surface area (Å²) in [5.41, 5.74) is 3.97. The Kier molecular flexibility index (Phi) is 3.85. The molecule has 2 heteroatoms. The Morgan fingerprint density at radius 1 is 1.31 bits per heavy atom. The summed E-state index contributed by atoms with van der Waals surface area (Å²) in [5.74, 6) is 1.52. The third-order valence-electron chi connectivity index (χ3n) is 2.01. The lowest BCUT2D eigenvalue weighted by Gasteiger charge is -2.03. The van der Waals surface area contributed by atoms with E-state index < -0.39 is 0 Å². The van der Waals surface area contributed by atoms with Gasteiger partial charge in [0, 0.05) is 5.75 Å². The fourth-order valence-electron chi connectivity index (χ4n) is 1.11. The van der Waals surface area contributed by atoms with Crippen molar-refractivity contribution in [2.45, 2.75) is 19.6 Å². The van der Waals surface area contributed by atoms with E-state index in [1.807, 2.05) is 0 Å². The highest BCUT2D eigenvalue weighted by Crippen LogP contribution is 2.15. The fraction of sp³-hybridized carbons (Fsp3) is 0.364. The second kappa shape index (κ2) is 4.94. The Balaban J connectivity index is 2.59. The molecule has 0 saturated carbocycles. The summed E-state index contributed by atoms with van der Waals surface area (Å²) in [6.45, 7) is 4.23. The lowest BCUT2D eigenvalue weighted by atomic mass is 10.1. The van der Waals surface area contributed by atoms with Crippen LogP contribution < -0.4 is 0 Å². The number of rotatable bonds is 3. The molecule has 0 aliphatic heterocycles. The highest BCUT2D eigenvalue weighted by atomic mass is 32.2. The van der Waals surface area contributed by atoms with E-state index in [1.165, 1.54) is 16.7 Å². The van der Waals surface area contributed by atoms with E-state index in [2.05, 4.69) is 38.1 Å². The van der Waals surface area contributed by atoms with Crippen LogP contribution >= 0.6 is 11.8 Å². The van der Waals surface area contributed by atoms with E-state index in [1.54, 1.807) is 11.8 Å². The van der Waals surface area contributed by atoms with Crippen LogP contribution in [0.3, 0.4) is 0 Å². The minimum atomic E-state index is 0.576. The van der Waals surface area contributed by atoms with Gasteiger partial charge < -0.3 is 0 Å². The molecule has 1 aromatic rings. The maximum atomic E-state index is 8.37. The number of aryl methyl sites for hydroxylation is 2. The Morgan fingerprint density at radius 2 is 2.08 bits per heavy atom. The first-order valence-electron chi connectivity index (χ1n) is 4.25. The molecule has 0 bridgehead atoms. The maximum absolute atomic E-state index is 8.37. The SMILES string of the molecule is Cc1ccc(CSCC#N)cc1C. The van der Waals surface area contributed by atoms with Gasteiger partial charge in [-0.2, -0.15) is 5.26 Å². The lowest BCUT2D eigenvalue weighted by molar-refractivity contribution is 1.28. The normalized spacial score (nSPS) is 9.62. The summed E-state index contributed by atoms with van der Waals surface area (Å²) in [4.78, 5) is 0. The Bertz CT molecular complexity index is 325. The molecule has 1 nitrogen and oxygen atoms in total. The summed E-state index contributed by atoms with van der Waals surface area (Å²) in [7, 11) is 0. The van der Waals surface area contributed by atoms with E-state index in [9.17, 15) is 0 Å². The molecule has 0 heterocycles. The first kappa shape index (κ1) is 10.1. The van der Waals surface area contributed by atoms with E-state index >= 15 is 0 Å². The van der Waals surface area contributed by atoms with Crippen LogP contribution in [0.1, 0.15) is 16.7 Å². The summed E-state index contributed by atoms with van der Waals surface area (Å²) in [6.07, 6.45) is 0. The minimum Gasteiger partial charge on any atom is -0.197 e. The molecule has 0 radical (unpaired) electrons. The van der Waals surface area contributed by atoms with Crippen molar-refractivity contribution in [3.63, 3.8) is 0 Å². The molecule has 0 amide bonds. The van der Waals surface area contributed by atoms with E-state index in [4.69, 9.17) is 5.26 Å². The molecule has 0 fully saturated rings. The van der Waals surface area contributed by atoms with Crippen LogP contribution in [0.2, 0.25) is 0 Å². The molecule has 1 aromatic carbocycles. The average Bonchev–Trinajstić information content (AvgIpc) is 2.12. The van der Waals surface area contributed by atoms with Gasteiger partial charge in [-0.3, -0.25) is 0 Å². The quantitative estimate of drug-likeness (QED) is 0.686. The second-order valence-electron chi connectivity index (χ2n) is 3.07. The number of nitrogens with zero attached hydrogens (tertiary/aromatic N) is 1. The molecule has 68 valence electrons. The van der Waals surface area contributed by atoms with Gasteiger partial charge in [-0.1, -0.05) is 18.2 Å². The summed E-state index contributed by atoms with van der Waals surface area (Å²) < 4.78 is 0. The lowest BCUT2D eigenvalue weighted by Crippen LogP contribution is -1.86.